The molecule has 1 aliphatic rings. The van der Waals surface area contributed by atoms with Gasteiger partial charge in [0.2, 0.25) is 5.82 Å². The molecular formula is C18H19N5O2. The van der Waals surface area contributed by atoms with Gasteiger partial charge in [0.1, 0.15) is 0 Å². The molecule has 3 aromatic rings. The van der Waals surface area contributed by atoms with Gasteiger partial charge in [-0.25, -0.2) is 4.98 Å². The lowest BCUT2D eigenvalue weighted by molar-refractivity contribution is 0.0781. The molecule has 3 heterocycles. The second-order valence-corrected chi connectivity index (χ2v) is 6.35. The van der Waals surface area contributed by atoms with E-state index in [-0.39, 0.29) is 23.1 Å². The summed E-state index contributed by atoms with van der Waals surface area (Å²) in [6.07, 6.45) is 2.50. The maximum Gasteiger partial charge on any atom is 0.291 e. The molecule has 25 heavy (non-hydrogen) atoms. The first-order valence-electron chi connectivity index (χ1n) is 8.45. The molecule has 0 bridgehead atoms. The van der Waals surface area contributed by atoms with Crippen LogP contribution in [0, 0.1) is 6.92 Å². The van der Waals surface area contributed by atoms with Gasteiger partial charge < -0.3 is 4.90 Å². The number of aryl methyl sites for hydroxylation is 1. The highest BCUT2D eigenvalue weighted by Crippen LogP contribution is 2.12. The molecule has 7 heteroatoms. The number of benzene rings is 1. The Balaban J connectivity index is 1.74. The second-order valence-electron chi connectivity index (χ2n) is 6.35. The van der Waals surface area contributed by atoms with Crippen LogP contribution in [0.4, 0.5) is 0 Å². The first-order chi connectivity index (χ1) is 12.1. The number of rotatable bonds is 3. The Hall–Kier alpha value is -2.96. The minimum atomic E-state index is -0.209. The third kappa shape index (κ3) is 2.82. The normalized spacial score (nSPS) is 14.4. The molecule has 1 N–H and O–H groups in total. The molecule has 0 atom stereocenters. The summed E-state index contributed by atoms with van der Waals surface area (Å²) in [5.41, 5.74) is 2.07. The Kier molecular flexibility index (Phi) is 3.83. The van der Waals surface area contributed by atoms with Crippen LogP contribution >= 0.6 is 0 Å². The van der Waals surface area contributed by atoms with Gasteiger partial charge in [0.25, 0.3) is 17.2 Å². The maximum atomic E-state index is 12.8. The van der Waals surface area contributed by atoms with E-state index in [9.17, 15) is 9.59 Å². The molecular weight excluding hydrogens is 318 g/mol. The lowest BCUT2D eigenvalue weighted by atomic mass is 10.1. The van der Waals surface area contributed by atoms with Gasteiger partial charge >= 0.3 is 0 Å². The summed E-state index contributed by atoms with van der Waals surface area (Å²) < 4.78 is 1.27. The van der Waals surface area contributed by atoms with Crippen LogP contribution in [0.3, 0.4) is 0 Å². The first kappa shape index (κ1) is 15.6. The minimum absolute atomic E-state index is 0.169. The van der Waals surface area contributed by atoms with Crippen molar-refractivity contribution in [3.05, 3.63) is 63.3 Å². The van der Waals surface area contributed by atoms with Gasteiger partial charge in [-0.2, -0.15) is 9.50 Å². The average molecular weight is 337 g/mol. The van der Waals surface area contributed by atoms with E-state index in [1.165, 1.54) is 4.52 Å². The molecule has 0 unspecified atom stereocenters. The summed E-state index contributed by atoms with van der Waals surface area (Å²) >= 11 is 0. The van der Waals surface area contributed by atoms with Gasteiger partial charge in [0.15, 0.2) is 0 Å². The number of aromatic amines is 1. The molecule has 0 radical (unpaired) electrons. The van der Waals surface area contributed by atoms with E-state index in [1.54, 1.807) is 11.8 Å². The largest absolute Gasteiger partial charge is 0.336 e. The van der Waals surface area contributed by atoms with Crippen LogP contribution in [0.15, 0.2) is 35.1 Å². The Labute approximate surface area is 144 Å². The van der Waals surface area contributed by atoms with Crippen molar-refractivity contribution in [2.45, 2.75) is 26.2 Å². The molecule has 1 fully saturated rings. The SMILES string of the molecule is Cc1nc2nc(C(=O)N3CCCC3)[nH]n2c(=O)c1Cc1ccccc1. The van der Waals surface area contributed by atoms with Crippen LogP contribution in [0.25, 0.3) is 5.78 Å². The minimum Gasteiger partial charge on any atom is -0.336 e. The van der Waals surface area contributed by atoms with Crippen LogP contribution in [-0.2, 0) is 6.42 Å². The van der Waals surface area contributed by atoms with Gasteiger partial charge in [-0.15, -0.1) is 0 Å². The van der Waals surface area contributed by atoms with E-state index < -0.39 is 0 Å². The molecule has 0 saturated carbocycles. The number of nitrogens with one attached hydrogen (secondary N) is 1. The summed E-state index contributed by atoms with van der Waals surface area (Å²) in [6, 6.07) is 9.77. The Morgan fingerprint density at radius 2 is 1.88 bits per heavy atom. The van der Waals surface area contributed by atoms with Gasteiger partial charge in [-0.3, -0.25) is 14.7 Å². The van der Waals surface area contributed by atoms with Crippen LogP contribution in [0.5, 0.6) is 0 Å². The highest BCUT2D eigenvalue weighted by Gasteiger charge is 2.23. The van der Waals surface area contributed by atoms with Crippen molar-refractivity contribution in [2.75, 3.05) is 13.1 Å². The summed E-state index contributed by atoms with van der Waals surface area (Å²) in [4.78, 5) is 35.7. The number of nitrogens with zero attached hydrogens (tertiary/aromatic N) is 4. The third-order valence-electron chi connectivity index (χ3n) is 4.61. The topological polar surface area (TPSA) is 83.4 Å². The molecule has 1 aromatic carbocycles. The van der Waals surface area contributed by atoms with E-state index in [2.05, 4.69) is 15.1 Å². The van der Waals surface area contributed by atoms with Crippen molar-refractivity contribution in [1.29, 1.82) is 0 Å². The second kappa shape index (κ2) is 6.16. The highest BCUT2D eigenvalue weighted by molar-refractivity contribution is 5.91. The number of hydrogen-bond acceptors (Lipinski definition) is 4. The molecule has 1 aliphatic heterocycles. The third-order valence-corrected chi connectivity index (χ3v) is 4.61. The van der Waals surface area contributed by atoms with Crippen LogP contribution < -0.4 is 5.56 Å². The standard InChI is InChI=1S/C18H19N5O2/c1-12-14(11-13-7-3-2-4-8-13)16(24)23-18(19-12)20-15(21-23)17(25)22-9-5-6-10-22/h2-4,7-8H,5-6,9-11H2,1H3,(H,19,20,21). The fraction of sp³-hybridized carbons (Fsp3) is 0.333. The molecule has 7 nitrogen and oxygen atoms in total. The van der Waals surface area contributed by atoms with Crippen molar-refractivity contribution in [2.24, 2.45) is 0 Å². The molecule has 128 valence electrons. The number of hydrogen-bond donors (Lipinski definition) is 1. The Morgan fingerprint density at radius 1 is 1.16 bits per heavy atom. The molecule has 1 saturated heterocycles. The van der Waals surface area contributed by atoms with Gasteiger partial charge in [0, 0.05) is 25.1 Å². The number of carbonyl (C=O) groups excluding carboxylic acids is 1. The first-order valence-corrected chi connectivity index (χ1v) is 8.45. The fourth-order valence-corrected chi connectivity index (χ4v) is 3.22. The quantitative estimate of drug-likeness (QED) is 0.786. The zero-order chi connectivity index (χ0) is 17.4. The van der Waals surface area contributed by atoms with Crippen molar-refractivity contribution in [1.82, 2.24) is 24.5 Å². The highest BCUT2D eigenvalue weighted by atomic mass is 16.2. The van der Waals surface area contributed by atoms with Gasteiger partial charge in [0.05, 0.1) is 5.69 Å². The Morgan fingerprint density at radius 3 is 2.60 bits per heavy atom. The van der Waals surface area contributed by atoms with Crippen molar-refractivity contribution in [3.63, 3.8) is 0 Å². The zero-order valence-electron chi connectivity index (χ0n) is 14.0. The van der Waals surface area contributed by atoms with Crippen LogP contribution in [-0.4, -0.2) is 43.5 Å². The molecule has 2 aromatic heterocycles. The Bertz CT molecular complexity index is 984. The molecule has 0 aliphatic carbocycles. The summed E-state index contributed by atoms with van der Waals surface area (Å²) in [6.45, 7) is 3.27. The van der Waals surface area contributed by atoms with Gasteiger partial charge in [-0.05, 0) is 25.3 Å². The summed E-state index contributed by atoms with van der Waals surface area (Å²) in [7, 11) is 0. The number of carbonyl (C=O) groups is 1. The van der Waals surface area contributed by atoms with E-state index in [1.807, 2.05) is 30.3 Å². The number of fused-ring (bicyclic) bond motifs is 1. The number of likely N-dealkylation sites (tertiary alicyclic amines) is 1. The average Bonchev–Trinajstić information content (AvgIpc) is 3.29. The smallest absolute Gasteiger partial charge is 0.291 e. The zero-order valence-corrected chi connectivity index (χ0v) is 14.0. The predicted octanol–water partition coefficient (Wildman–Crippen LogP) is 1.55. The van der Waals surface area contributed by atoms with Crippen LogP contribution in [0.1, 0.15) is 40.3 Å². The van der Waals surface area contributed by atoms with Crippen molar-refractivity contribution >= 4 is 11.7 Å². The van der Waals surface area contributed by atoms with Crippen molar-refractivity contribution < 1.29 is 4.79 Å². The predicted molar refractivity (Wildman–Crippen MR) is 92.7 cm³/mol. The molecule has 4 rings (SSSR count). The number of amides is 1. The van der Waals surface area contributed by atoms with E-state index in [0.717, 1.165) is 31.5 Å². The summed E-state index contributed by atoms with van der Waals surface area (Å²) in [5.74, 6) is 0.231. The van der Waals surface area contributed by atoms with Crippen LogP contribution in [0.2, 0.25) is 0 Å². The summed E-state index contributed by atoms with van der Waals surface area (Å²) in [5, 5.41) is 2.83. The van der Waals surface area contributed by atoms with E-state index >= 15 is 0 Å². The van der Waals surface area contributed by atoms with Gasteiger partial charge in [-0.1, -0.05) is 30.3 Å². The fourth-order valence-electron chi connectivity index (χ4n) is 3.22. The lowest BCUT2D eigenvalue weighted by Gasteiger charge is -2.12. The van der Waals surface area contributed by atoms with Crippen molar-refractivity contribution in [3.8, 4) is 0 Å². The lowest BCUT2D eigenvalue weighted by Crippen LogP contribution is -2.29. The molecule has 0 spiro atoms. The number of aromatic nitrogens is 4. The van der Waals surface area contributed by atoms with E-state index in [4.69, 9.17) is 0 Å². The monoisotopic (exact) mass is 337 g/mol. The molecule has 1 amide bonds. The van der Waals surface area contributed by atoms with E-state index in [0.29, 0.717) is 17.7 Å². The number of H-pyrrole nitrogens is 1. The maximum absolute atomic E-state index is 12.8.